The normalized spacial score (nSPS) is 13.6. The Hall–Kier alpha value is -0.913. The number of hydrogen-bond donors (Lipinski definition) is 0. The molecular weight excluding hydrogens is 496 g/mol. The molecule has 0 unspecified atom stereocenters. The zero-order valence-electron chi connectivity index (χ0n) is 14.8. The molecule has 0 bridgehead atoms. The summed E-state index contributed by atoms with van der Waals surface area (Å²) in [7, 11) is -7.62. The predicted octanol–water partition coefficient (Wildman–Crippen LogP) is 4.87. The second-order valence-corrected chi connectivity index (χ2v) is 18.2. The van der Waals surface area contributed by atoms with Crippen molar-refractivity contribution < 1.29 is 24.1 Å². The topological polar surface area (TPSA) is 43.4 Å². The van der Waals surface area contributed by atoms with Crippen molar-refractivity contribution in [3.05, 3.63) is 61.2 Å². The number of alkyl halides is 3. The van der Waals surface area contributed by atoms with Crippen LogP contribution in [-0.4, -0.2) is 22.0 Å². The van der Waals surface area contributed by atoms with Gasteiger partial charge >= 0.3 is 161 Å². The van der Waals surface area contributed by atoms with Gasteiger partial charge in [0, 0.05) is 0 Å². The molecule has 9 heteroatoms. The van der Waals surface area contributed by atoms with Crippen LogP contribution in [0.15, 0.2) is 48.5 Å². The van der Waals surface area contributed by atoms with Crippen molar-refractivity contribution >= 4 is 43.6 Å². The first-order valence-electron chi connectivity index (χ1n) is 7.70. The van der Waals surface area contributed by atoms with Crippen LogP contribution >= 0.6 is 20.2 Å². The van der Waals surface area contributed by atoms with Crippen LogP contribution in [0.2, 0.25) is 19.6 Å². The molecule has 0 radical (unpaired) electrons. The Labute approximate surface area is 160 Å². The summed E-state index contributed by atoms with van der Waals surface area (Å²) in [5, 5.41) is 0.934. The molecule has 0 atom stereocenters. The number of benzene rings is 2. The average molecular weight is 516 g/mol. The van der Waals surface area contributed by atoms with Gasteiger partial charge in [0.15, 0.2) is 0 Å². The molecule has 0 saturated heterocycles. The molecule has 2 rings (SSSR count). The van der Waals surface area contributed by atoms with Crippen molar-refractivity contribution in [3.63, 3.8) is 0 Å². The molecule has 2 aromatic carbocycles. The molecule has 0 heterocycles. The van der Waals surface area contributed by atoms with E-state index in [0.29, 0.717) is 7.14 Å². The monoisotopic (exact) mass is 516 g/mol. The predicted molar refractivity (Wildman–Crippen MR) is 108 cm³/mol. The van der Waals surface area contributed by atoms with Gasteiger partial charge in [-0.3, -0.25) is 0 Å². The van der Waals surface area contributed by atoms with Crippen LogP contribution in [0.25, 0.3) is 0 Å². The second kappa shape index (κ2) is 7.61. The second-order valence-electron chi connectivity index (χ2n) is 6.74. The summed E-state index contributed by atoms with van der Waals surface area (Å²) in [4.78, 5) is 0. The van der Waals surface area contributed by atoms with E-state index in [4.69, 9.17) is 2.51 Å². The first-order chi connectivity index (χ1) is 11.8. The van der Waals surface area contributed by atoms with Crippen molar-refractivity contribution in [2.45, 2.75) is 32.1 Å². The molecular formula is C17H20F3IO3SSi. The average Bonchev–Trinajstić information content (AvgIpc) is 2.52. The van der Waals surface area contributed by atoms with Crippen LogP contribution in [0.5, 0.6) is 0 Å². The van der Waals surface area contributed by atoms with Gasteiger partial charge in [-0.2, -0.15) is 0 Å². The fourth-order valence-electron chi connectivity index (χ4n) is 2.20. The van der Waals surface area contributed by atoms with Crippen molar-refractivity contribution in [2.24, 2.45) is 0 Å². The Morgan fingerprint density at radius 1 is 1.00 bits per heavy atom. The molecule has 0 aromatic heterocycles. The van der Waals surface area contributed by atoms with Crippen molar-refractivity contribution in [2.75, 3.05) is 0 Å². The molecule has 0 spiro atoms. The van der Waals surface area contributed by atoms with E-state index >= 15 is 0 Å². The maximum atomic E-state index is 12.9. The zero-order chi connectivity index (χ0) is 19.8. The summed E-state index contributed by atoms with van der Waals surface area (Å²) in [6.45, 7) is 8.12. The van der Waals surface area contributed by atoms with E-state index in [-0.39, 0.29) is 0 Å². The number of aryl methyl sites for hydroxylation is 1. The molecule has 26 heavy (non-hydrogen) atoms. The third kappa shape index (κ3) is 4.87. The Bertz CT molecular complexity index is 878. The molecule has 2 aromatic rings. The van der Waals surface area contributed by atoms with Crippen LogP contribution in [-0.2, 0) is 12.6 Å². The quantitative estimate of drug-likeness (QED) is 0.324. The molecule has 3 nitrogen and oxygen atoms in total. The van der Waals surface area contributed by atoms with Crippen LogP contribution < -0.4 is 5.19 Å². The van der Waals surface area contributed by atoms with Gasteiger partial charge in [-0.15, -0.1) is 0 Å². The summed E-state index contributed by atoms with van der Waals surface area (Å²) >= 11 is -3.33. The van der Waals surface area contributed by atoms with E-state index < -0.39 is 43.9 Å². The molecule has 0 saturated carbocycles. The van der Waals surface area contributed by atoms with E-state index in [0.717, 1.165) is 10.8 Å². The minimum absolute atomic E-state index is 0.507. The summed E-state index contributed by atoms with van der Waals surface area (Å²) in [5.74, 6) is 0. The molecule has 0 N–H and O–H groups in total. The summed E-state index contributed by atoms with van der Waals surface area (Å²) in [6.07, 6.45) is 0. The molecule has 0 aliphatic rings. The van der Waals surface area contributed by atoms with Gasteiger partial charge in [-0.25, -0.2) is 0 Å². The van der Waals surface area contributed by atoms with E-state index in [1.807, 2.05) is 13.0 Å². The van der Waals surface area contributed by atoms with Gasteiger partial charge in [0.2, 0.25) is 0 Å². The fourth-order valence-corrected chi connectivity index (χ4v) is 13.2. The molecule has 0 fully saturated rings. The third-order valence-corrected chi connectivity index (χ3v) is 13.2. The van der Waals surface area contributed by atoms with Crippen LogP contribution in [0, 0.1) is 14.1 Å². The molecule has 0 amide bonds. The van der Waals surface area contributed by atoms with E-state index in [2.05, 4.69) is 19.6 Å². The minimum atomic E-state index is -5.68. The fraction of sp³-hybridized carbons (Fsp3) is 0.294. The van der Waals surface area contributed by atoms with Gasteiger partial charge < -0.3 is 0 Å². The Kier molecular flexibility index (Phi) is 6.26. The number of hydrogen-bond acceptors (Lipinski definition) is 3. The van der Waals surface area contributed by atoms with Gasteiger partial charge in [0.05, 0.1) is 0 Å². The number of halogens is 4. The Balaban J connectivity index is 2.68. The van der Waals surface area contributed by atoms with E-state index in [1.54, 1.807) is 42.5 Å². The van der Waals surface area contributed by atoms with Crippen LogP contribution in [0.3, 0.4) is 0 Å². The summed E-state index contributed by atoms with van der Waals surface area (Å²) in [6, 6.07) is 13.8. The molecule has 144 valence electrons. The zero-order valence-corrected chi connectivity index (χ0v) is 18.7. The van der Waals surface area contributed by atoms with Gasteiger partial charge in [0.1, 0.15) is 0 Å². The maximum absolute atomic E-state index is 12.9. The van der Waals surface area contributed by atoms with Gasteiger partial charge in [0.25, 0.3) is 0 Å². The van der Waals surface area contributed by atoms with Crippen molar-refractivity contribution in [3.8, 4) is 0 Å². The first-order valence-corrected chi connectivity index (χ1v) is 15.6. The van der Waals surface area contributed by atoms with Gasteiger partial charge in [-0.1, -0.05) is 0 Å². The van der Waals surface area contributed by atoms with Crippen LogP contribution in [0.4, 0.5) is 13.2 Å². The SMILES string of the molecule is Cc1ccc(I(OS(=O)(=O)C(F)(F)F)c2ccccc2)c([Si](C)(C)C)c1. The standard InChI is InChI=1S/C17H20F3IO3SSi/c1-13-10-11-15(16(12-13)26(2,3)4)21(14-8-6-5-7-9-14)24-25(22,23)17(18,19)20/h5-12H,1-4H3. The van der Waals surface area contributed by atoms with E-state index in [1.165, 1.54) is 0 Å². The van der Waals surface area contributed by atoms with Crippen molar-refractivity contribution in [1.82, 2.24) is 0 Å². The summed E-state index contributed by atoms with van der Waals surface area (Å²) in [5.41, 5.74) is -4.46. The Morgan fingerprint density at radius 3 is 2.08 bits per heavy atom. The molecule has 0 aliphatic heterocycles. The molecule has 0 aliphatic carbocycles. The van der Waals surface area contributed by atoms with E-state index in [9.17, 15) is 21.6 Å². The van der Waals surface area contributed by atoms with Crippen molar-refractivity contribution in [1.29, 1.82) is 0 Å². The van der Waals surface area contributed by atoms with Crippen LogP contribution in [0.1, 0.15) is 5.56 Å². The number of rotatable bonds is 5. The third-order valence-electron chi connectivity index (χ3n) is 3.48. The Morgan fingerprint density at radius 2 is 1.58 bits per heavy atom. The van der Waals surface area contributed by atoms with Gasteiger partial charge in [-0.05, 0) is 0 Å². The summed E-state index contributed by atoms with van der Waals surface area (Å²) < 4.78 is 68.3. The first kappa shape index (κ1) is 21.4.